The molecule has 0 aliphatic rings. The molecule has 0 aliphatic heterocycles. The van der Waals surface area contributed by atoms with Crippen LogP contribution in [0.4, 0.5) is 11.4 Å². The van der Waals surface area contributed by atoms with Gasteiger partial charge < -0.3 is 19.3 Å². The summed E-state index contributed by atoms with van der Waals surface area (Å²) in [4.78, 5) is 23.5. The van der Waals surface area contributed by atoms with E-state index in [0.717, 1.165) is 0 Å². The van der Waals surface area contributed by atoms with E-state index in [1.54, 1.807) is 85.7 Å². The van der Waals surface area contributed by atoms with E-state index >= 15 is 0 Å². The minimum atomic E-state index is -0.497. The molecule has 1 radical (unpaired) electrons. The molecule has 187 valence electrons. The van der Waals surface area contributed by atoms with Gasteiger partial charge in [-0.3, -0.25) is 20.0 Å². The fourth-order valence-electron chi connectivity index (χ4n) is 2.62. The summed E-state index contributed by atoms with van der Waals surface area (Å²) in [5, 5.41) is 24.3. The molecule has 0 amide bonds. The van der Waals surface area contributed by atoms with Crippen molar-refractivity contribution in [3.8, 4) is 0 Å². The molecule has 0 saturated heterocycles. The number of aliphatic imine (C=N–C) groups is 2. The average molecular weight is 535 g/mol. The Morgan fingerprint density at radius 1 is 0.622 bits per heavy atom. The minimum Gasteiger partial charge on any atom is -0.857 e. The second kappa shape index (κ2) is 15.4. The van der Waals surface area contributed by atoms with Crippen LogP contribution in [-0.2, 0) is 31.2 Å². The van der Waals surface area contributed by atoms with Crippen molar-refractivity contribution in [1.82, 2.24) is 29.1 Å². The molecule has 4 aromatic heterocycles. The first-order valence-corrected chi connectivity index (χ1v) is 10.8. The molecule has 5 rings (SSSR count). The summed E-state index contributed by atoms with van der Waals surface area (Å²) >= 11 is 0. The van der Waals surface area contributed by atoms with Gasteiger partial charge in [0, 0.05) is 63.1 Å². The minimum absolute atomic E-state index is 0. The number of imidazole rings is 2. The van der Waals surface area contributed by atoms with E-state index in [1.165, 1.54) is 12.4 Å². The molecule has 37 heavy (non-hydrogen) atoms. The molecule has 5 aromatic rings. The zero-order valence-electron chi connectivity index (χ0n) is 20.2. The van der Waals surface area contributed by atoms with E-state index in [9.17, 15) is 10.2 Å². The van der Waals surface area contributed by atoms with Crippen LogP contribution in [0.15, 0.2) is 120 Å². The van der Waals surface area contributed by atoms with Crippen LogP contribution in [0.1, 0.15) is 11.4 Å². The molecule has 0 N–H and O–H groups in total. The molecule has 4 heterocycles. The maximum Gasteiger partial charge on any atom is 2.00 e. The third kappa shape index (κ3) is 9.88. The Hall–Kier alpha value is -4.60. The second-order valence-corrected chi connectivity index (χ2v) is 7.21. The van der Waals surface area contributed by atoms with Gasteiger partial charge in [-0.05, 0) is 36.4 Å². The first kappa shape index (κ1) is 28.6. The standard InChI is InChI=1S/C18H14N4O2.2C4H6N2.Mn/c23-17(15-9-3-5-11-19-15)21-13-7-1-2-8-14(13)22-18(24)16-10-4-6-12-20-16;2*1-6-3-2-5-4-6;/h1-12H,(H,21,23)(H,22,24);2*2-4H,1H3;/q;;;+2/p-2. The summed E-state index contributed by atoms with van der Waals surface area (Å²) < 4.78 is 3.78. The molecule has 0 aliphatic carbocycles. The summed E-state index contributed by atoms with van der Waals surface area (Å²) in [5.74, 6) is -0.993. The van der Waals surface area contributed by atoms with Crippen molar-refractivity contribution in [2.75, 3.05) is 0 Å². The normalized spacial score (nSPS) is 10.8. The predicted octanol–water partition coefficient (Wildman–Crippen LogP) is 2.19. The zero-order valence-corrected chi connectivity index (χ0v) is 21.3. The number of pyridine rings is 2. The molecule has 0 atom stereocenters. The fourth-order valence-corrected chi connectivity index (χ4v) is 2.62. The first-order chi connectivity index (χ1) is 17.5. The van der Waals surface area contributed by atoms with Crippen molar-refractivity contribution in [2.45, 2.75) is 0 Å². The molecule has 1 aromatic carbocycles. The van der Waals surface area contributed by atoms with Crippen molar-refractivity contribution >= 4 is 23.2 Å². The van der Waals surface area contributed by atoms with Crippen molar-refractivity contribution in [2.24, 2.45) is 24.1 Å². The smallest absolute Gasteiger partial charge is 0.857 e. The van der Waals surface area contributed by atoms with Crippen molar-refractivity contribution in [1.29, 1.82) is 0 Å². The van der Waals surface area contributed by atoms with Gasteiger partial charge in [0.25, 0.3) is 0 Å². The van der Waals surface area contributed by atoms with Crippen LogP contribution in [0, 0.1) is 0 Å². The van der Waals surface area contributed by atoms with Gasteiger partial charge in [-0.15, -0.1) is 0 Å². The average Bonchev–Trinajstić information content (AvgIpc) is 3.60. The molecule has 11 heteroatoms. The van der Waals surface area contributed by atoms with Gasteiger partial charge in [-0.2, -0.15) is 0 Å². The number of aromatic nitrogens is 6. The number of benzene rings is 1. The molecule has 0 bridgehead atoms. The number of nitrogens with zero attached hydrogens (tertiary/aromatic N) is 8. The number of hydrogen-bond donors (Lipinski definition) is 0. The first-order valence-electron chi connectivity index (χ1n) is 10.8. The van der Waals surface area contributed by atoms with E-state index < -0.39 is 11.8 Å². The Bertz CT molecular complexity index is 1250. The van der Waals surface area contributed by atoms with Gasteiger partial charge in [0.1, 0.15) is 0 Å². The Balaban J connectivity index is 0.000000302. The van der Waals surface area contributed by atoms with Crippen LogP contribution in [0.3, 0.4) is 0 Å². The molecular weight excluding hydrogens is 511 g/mol. The Morgan fingerprint density at radius 3 is 1.30 bits per heavy atom. The SMILES string of the molecule is Cn1ccnc1.Cn1ccnc1.[Mn+2].[O-]C(=Nc1ccccc1N=C([O-])c1ccccn1)c1ccccn1. The maximum absolute atomic E-state index is 12.2. The van der Waals surface area contributed by atoms with Crippen molar-refractivity contribution < 1.29 is 27.3 Å². The zero-order chi connectivity index (χ0) is 25.6. The molecule has 0 unspecified atom stereocenters. The Morgan fingerprint density at radius 2 is 1.03 bits per heavy atom. The fraction of sp³-hybridized carbons (Fsp3) is 0.0769. The van der Waals surface area contributed by atoms with Gasteiger partial charge in [0.05, 0.1) is 35.4 Å². The number of para-hydroxylation sites is 2. The largest absolute Gasteiger partial charge is 2.00 e. The van der Waals surface area contributed by atoms with E-state index in [0.29, 0.717) is 11.4 Å². The summed E-state index contributed by atoms with van der Waals surface area (Å²) in [6.45, 7) is 0. The van der Waals surface area contributed by atoms with Gasteiger partial charge in [-0.25, -0.2) is 9.97 Å². The number of hydrogen-bond acceptors (Lipinski definition) is 8. The van der Waals surface area contributed by atoms with E-state index in [4.69, 9.17) is 0 Å². The predicted molar refractivity (Wildman–Crippen MR) is 134 cm³/mol. The molecular formula is C26H24MnN8O2. The molecule has 10 nitrogen and oxygen atoms in total. The van der Waals surface area contributed by atoms with Crippen LogP contribution in [-0.4, -0.2) is 40.9 Å². The van der Waals surface area contributed by atoms with Gasteiger partial charge >= 0.3 is 17.1 Å². The van der Waals surface area contributed by atoms with Crippen LogP contribution in [0.2, 0.25) is 0 Å². The van der Waals surface area contributed by atoms with E-state index in [2.05, 4.69) is 29.9 Å². The quantitative estimate of drug-likeness (QED) is 0.197. The number of aryl methyl sites for hydroxylation is 2. The third-order valence-electron chi connectivity index (χ3n) is 4.37. The monoisotopic (exact) mass is 535 g/mol. The van der Waals surface area contributed by atoms with E-state index in [-0.39, 0.29) is 28.5 Å². The van der Waals surface area contributed by atoms with Crippen molar-refractivity contribution in [3.63, 3.8) is 0 Å². The summed E-state index contributed by atoms with van der Waals surface area (Å²) in [7, 11) is 3.88. The molecule has 0 spiro atoms. The van der Waals surface area contributed by atoms with Crippen molar-refractivity contribution in [3.05, 3.63) is 122 Å². The second-order valence-electron chi connectivity index (χ2n) is 7.21. The van der Waals surface area contributed by atoms with Crippen LogP contribution >= 0.6 is 0 Å². The van der Waals surface area contributed by atoms with Crippen LogP contribution < -0.4 is 10.2 Å². The summed E-state index contributed by atoms with van der Waals surface area (Å²) in [6, 6.07) is 16.7. The molecule has 0 saturated carbocycles. The van der Waals surface area contributed by atoms with Gasteiger partial charge in [0.15, 0.2) is 0 Å². The van der Waals surface area contributed by atoms with Crippen LogP contribution in [0.25, 0.3) is 0 Å². The Labute approximate surface area is 225 Å². The van der Waals surface area contributed by atoms with E-state index in [1.807, 2.05) is 35.6 Å². The topological polar surface area (TPSA) is 132 Å². The third-order valence-corrected chi connectivity index (χ3v) is 4.37. The maximum atomic E-state index is 12.2. The van der Waals surface area contributed by atoms with Gasteiger partial charge in [-0.1, -0.05) is 24.3 Å². The molecule has 0 fully saturated rings. The van der Waals surface area contributed by atoms with Gasteiger partial charge in [0.2, 0.25) is 0 Å². The summed E-state index contributed by atoms with van der Waals surface area (Å²) in [5.41, 5.74) is 1.06. The Kier molecular flexibility index (Phi) is 11.9. The summed E-state index contributed by atoms with van der Waals surface area (Å²) in [6.07, 6.45) is 13.8. The number of rotatable bonds is 4. The van der Waals surface area contributed by atoms with Crippen LogP contribution in [0.5, 0.6) is 0 Å².